The first-order valence-electron chi connectivity index (χ1n) is 12.1. The summed E-state index contributed by atoms with van der Waals surface area (Å²) < 4.78 is 6.45. The van der Waals surface area contributed by atoms with Gasteiger partial charge in [0.25, 0.3) is 5.56 Å². The molecule has 0 spiro atoms. The molecule has 8 heteroatoms. The van der Waals surface area contributed by atoms with E-state index in [-0.39, 0.29) is 29.2 Å². The summed E-state index contributed by atoms with van der Waals surface area (Å²) in [4.78, 5) is 40.0. The number of carbonyl (C=O) groups is 2. The number of para-hydroxylation sites is 1. The van der Waals surface area contributed by atoms with Gasteiger partial charge in [0.15, 0.2) is 5.69 Å². The first-order valence-corrected chi connectivity index (χ1v) is 12.9. The number of hydrogen-bond donors (Lipinski definition) is 1. The molecule has 3 aromatic rings. The molecule has 1 N–H and O–H groups in total. The van der Waals surface area contributed by atoms with Crippen molar-refractivity contribution in [3.8, 4) is 5.69 Å². The van der Waals surface area contributed by atoms with Gasteiger partial charge in [-0.05, 0) is 75.3 Å². The molecule has 4 fully saturated rings. The lowest BCUT2D eigenvalue weighted by Crippen LogP contribution is -2.51. The number of fused-ring (bicyclic) bond motifs is 1. The van der Waals surface area contributed by atoms with E-state index in [1.807, 2.05) is 6.07 Å². The highest BCUT2D eigenvalue weighted by molar-refractivity contribution is 7.16. The van der Waals surface area contributed by atoms with Crippen LogP contribution in [0.5, 0.6) is 0 Å². The molecule has 0 atom stereocenters. The van der Waals surface area contributed by atoms with Gasteiger partial charge in [-0.25, -0.2) is 4.79 Å². The third-order valence-electron chi connectivity index (χ3n) is 7.87. The number of hydrogen-bond acceptors (Lipinski definition) is 6. The van der Waals surface area contributed by atoms with Gasteiger partial charge in [0.1, 0.15) is 5.00 Å². The number of anilines is 1. The smallest absolute Gasteiger partial charge is 0.359 e. The van der Waals surface area contributed by atoms with Crippen LogP contribution in [-0.4, -0.2) is 28.3 Å². The average molecular weight is 478 g/mol. The van der Waals surface area contributed by atoms with E-state index in [1.54, 1.807) is 36.6 Å². The Morgan fingerprint density at radius 2 is 1.76 bits per heavy atom. The third-order valence-corrected chi connectivity index (χ3v) is 8.76. The minimum atomic E-state index is -0.589. The second-order valence-electron chi connectivity index (χ2n) is 10.1. The SMILES string of the molecule is CCOC(=O)c1nn(-c2ccccc2)c(=O)c2c(NC(=O)C34CC5CC(CC(C5)C3)C4)scc12. The number of ether oxygens (including phenoxy) is 1. The number of rotatable bonds is 5. The van der Waals surface area contributed by atoms with E-state index in [1.165, 1.54) is 35.3 Å². The quantitative estimate of drug-likeness (QED) is 0.534. The number of benzene rings is 1. The zero-order valence-corrected chi connectivity index (χ0v) is 19.9. The minimum Gasteiger partial charge on any atom is -0.461 e. The van der Waals surface area contributed by atoms with Crippen molar-refractivity contribution in [3.63, 3.8) is 0 Å². The van der Waals surface area contributed by atoms with Crippen LogP contribution < -0.4 is 10.9 Å². The normalized spacial score (nSPS) is 27.1. The molecule has 2 heterocycles. The number of thiophene rings is 1. The van der Waals surface area contributed by atoms with E-state index in [4.69, 9.17) is 4.74 Å². The fourth-order valence-electron chi connectivity index (χ4n) is 6.86. The lowest BCUT2D eigenvalue weighted by molar-refractivity contribution is -0.140. The molecule has 0 radical (unpaired) electrons. The lowest BCUT2D eigenvalue weighted by atomic mass is 9.49. The van der Waals surface area contributed by atoms with Crippen LogP contribution >= 0.6 is 11.3 Å². The Kier molecular flexibility index (Phi) is 5.09. The molecule has 0 unspecified atom stereocenters. The van der Waals surface area contributed by atoms with Crippen LogP contribution in [0.3, 0.4) is 0 Å². The molecular weight excluding hydrogens is 450 g/mol. The molecule has 4 bridgehead atoms. The maximum absolute atomic E-state index is 13.7. The summed E-state index contributed by atoms with van der Waals surface area (Å²) in [6.45, 7) is 1.93. The van der Waals surface area contributed by atoms with Crippen molar-refractivity contribution in [2.45, 2.75) is 45.4 Å². The molecular formula is C26H27N3O4S. The highest BCUT2D eigenvalue weighted by Gasteiger charge is 2.54. The van der Waals surface area contributed by atoms with Crippen molar-refractivity contribution >= 4 is 39.0 Å². The molecule has 4 aliphatic carbocycles. The Balaban J connectivity index is 1.43. The van der Waals surface area contributed by atoms with E-state index in [9.17, 15) is 14.4 Å². The Morgan fingerprint density at radius 1 is 1.12 bits per heavy atom. The summed E-state index contributed by atoms with van der Waals surface area (Å²) >= 11 is 1.27. The third kappa shape index (κ3) is 3.38. The molecule has 2 aromatic heterocycles. The summed E-state index contributed by atoms with van der Waals surface area (Å²) in [7, 11) is 0. The van der Waals surface area contributed by atoms with E-state index in [0.29, 0.717) is 39.2 Å². The van der Waals surface area contributed by atoms with Gasteiger partial charge in [-0.3, -0.25) is 9.59 Å². The van der Waals surface area contributed by atoms with E-state index >= 15 is 0 Å². The molecule has 34 heavy (non-hydrogen) atoms. The van der Waals surface area contributed by atoms with Crippen molar-refractivity contribution in [1.29, 1.82) is 0 Å². The zero-order valence-electron chi connectivity index (χ0n) is 19.1. The van der Waals surface area contributed by atoms with Gasteiger partial charge in [0.2, 0.25) is 5.91 Å². The fourth-order valence-corrected chi connectivity index (χ4v) is 7.79. The molecule has 1 amide bonds. The number of aromatic nitrogens is 2. The predicted octanol–water partition coefficient (Wildman–Crippen LogP) is 4.78. The first-order chi connectivity index (χ1) is 16.5. The lowest BCUT2D eigenvalue weighted by Gasteiger charge is -2.55. The maximum Gasteiger partial charge on any atom is 0.359 e. The van der Waals surface area contributed by atoms with Crippen LogP contribution in [-0.2, 0) is 9.53 Å². The standard InChI is InChI=1S/C26H27N3O4S/c1-2-33-24(31)21-19-14-34-22(20(19)23(30)29(28-21)18-6-4-3-5-7-18)27-25(32)26-11-15-8-16(12-26)10-17(9-15)13-26/h3-7,14-17H,2,8-13H2,1H3,(H,27,32). The number of nitrogens with zero attached hydrogens (tertiary/aromatic N) is 2. The van der Waals surface area contributed by atoms with Crippen LogP contribution in [0.15, 0.2) is 40.5 Å². The Morgan fingerprint density at radius 3 is 2.38 bits per heavy atom. The van der Waals surface area contributed by atoms with Crippen molar-refractivity contribution < 1.29 is 14.3 Å². The van der Waals surface area contributed by atoms with Crippen LogP contribution in [0.4, 0.5) is 5.00 Å². The van der Waals surface area contributed by atoms with Gasteiger partial charge in [-0.1, -0.05) is 18.2 Å². The van der Waals surface area contributed by atoms with Crippen LogP contribution in [0.25, 0.3) is 16.5 Å². The number of esters is 1. The maximum atomic E-state index is 13.7. The predicted molar refractivity (Wildman–Crippen MR) is 130 cm³/mol. The van der Waals surface area contributed by atoms with Crippen molar-refractivity contribution in [1.82, 2.24) is 9.78 Å². The average Bonchev–Trinajstić information content (AvgIpc) is 3.23. The summed E-state index contributed by atoms with van der Waals surface area (Å²) in [5, 5.41) is 10.4. The first kappa shape index (κ1) is 21.5. The molecule has 0 aliphatic heterocycles. The van der Waals surface area contributed by atoms with Gasteiger partial charge in [0, 0.05) is 10.8 Å². The van der Waals surface area contributed by atoms with Gasteiger partial charge < -0.3 is 10.1 Å². The molecule has 4 saturated carbocycles. The van der Waals surface area contributed by atoms with E-state index < -0.39 is 5.97 Å². The van der Waals surface area contributed by atoms with E-state index in [0.717, 1.165) is 19.3 Å². The second kappa shape index (κ2) is 8.05. The van der Waals surface area contributed by atoms with E-state index in [2.05, 4.69) is 10.4 Å². The monoisotopic (exact) mass is 477 g/mol. The Bertz CT molecular complexity index is 1310. The molecule has 7 nitrogen and oxygen atoms in total. The van der Waals surface area contributed by atoms with Crippen LogP contribution in [0, 0.1) is 23.2 Å². The van der Waals surface area contributed by atoms with Crippen molar-refractivity contribution in [2.75, 3.05) is 11.9 Å². The topological polar surface area (TPSA) is 90.3 Å². The molecule has 0 saturated heterocycles. The summed E-state index contributed by atoms with van der Waals surface area (Å²) in [5.74, 6) is 1.37. The van der Waals surface area contributed by atoms with Gasteiger partial charge >= 0.3 is 5.97 Å². The highest BCUT2D eigenvalue weighted by atomic mass is 32.1. The van der Waals surface area contributed by atoms with Gasteiger partial charge in [-0.15, -0.1) is 11.3 Å². The molecule has 1 aromatic carbocycles. The number of carbonyl (C=O) groups excluding carboxylic acids is 2. The number of amides is 1. The minimum absolute atomic E-state index is 0.0236. The fraction of sp³-hybridized carbons (Fsp3) is 0.462. The summed E-state index contributed by atoms with van der Waals surface area (Å²) in [6.07, 6.45) is 6.59. The second-order valence-corrected chi connectivity index (χ2v) is 11.0. The Hall–Kier alpha value is -3.00. The van der Waals surface area contributed by atoms with Crippen molar-refractivity contribution in [2.24, 2.45) is 23.2 Å². The summed E-state index contributed by atoms with van der Waals surface area (Å²) in [6, 6.07) is 8.98. The largest absolute Gasteiger partial charge is 0.461 e. The summed E-state index contributed by atoms with van der Waals surface area (Å²) in [5.41, 5.74) is -0.0757. The molecule has 7 rings (SSSR count). The van der Waals surface area contributed by atoms with Gasteiger partial charge in [-0.2, -0.15) is 9.78 Å². The van der Waals surface area contributed by atoms with Gasteiger partial charge in [0.05, 0.1) is 23.1 Å². The Labute approximate surface area is 201 Å². The highest BCUT2D eigenvalue weighted by Crippen LogP contribution is 2.60. The van der Waals surface area contributed by atoms with Crippen LogP contribution in [0.1, 0.15) is 55.9 Å². The number of nitrogens with one attached hydrogen (secondary N) is 1. The van der Waals surface area contributed by atoms with Crippen molar-refractivity contribution in [3.05, 3.63) is 51.8 Å². The molecule has 176 valence electrons. The zero-order chi connectivity index (χ0) is 23.4. The van der Waals surface area contributed by atoms with Crippen LogP contribution in [0.2, 0.25) is 0 Å². The molecule has 4 aliphatic rings.